The van der Waals surface area contributed by atoms with E-state index in [-0.39, 0.29) is 57.2 Å². The first kappa shape index (κ1) is 16.3. The Morgan fingerprint density at radius 2 is 1.12 bits per heavy atom. The first-order valence-electron chi connectivity index (χ1n) is 0.934. The van der Waals surface area contributed by atoms with E-state index in [1.54, 1.807) is 0 Å². The van der Waals surface area contributed by atoms with Crippen LogP contribution in [-0.4, -0.2) is 17.5 Å². The van der Waals surface area contributed by atoms with E-state index in [9.17, 15) is 0 Å². The largest absolute Gasteiger partial charge is 0 e. The molecule has 0 saturated carbocycles. The Hall–Kier alpha value is 1.66. The van der Waals surface area contributed by atoms with Gasteiger partial charge in [0.25, 0.3) is 0 Å². The van der Waals surface area contributed by atoms with Gasteiger partial charge in [-0.05, 0) is 0 Å². The second kappa shape index (κ2) is 8.66. The third-order valence-electron chi connectivity index (χ3n) is 0. The molecular weight excluding hydrogens is 292 g/mol. The zero-order valence-electron chi connectivity index (χ0n) is 3.60. The topological polar surface area (TPSA) is 91.7 Å². The summed E-state index contributed by atoms with van der Waals surface area (Å²) in [6, 6.07) is 0. The maximum atomic E-state index is 8.74. The van der Waals surface area contributed by atoms with Crippen LogP contribution >= 0.6 is 0 Å². The van der Waals surface area contributed by atoms with Crippen molar-refractivity contribution >= 4 is 10.4 Å². The van der Waals surface area contributed by atoms with Gasteiger partial charge in [0.05, 0.1) is 0 Å². The van der Waals surface area contributed by atoms with Crippen molar-refractivity contribution in [3.63, 3.8) is 0 Å². The smallest absolute Gasteiger partial charge is 0 e. The Morgan fingerprint density at radius 3 is 1.12 bits per heavy atom. The minimum Gasteiger partial charge on any atom is 0 e. The molecule has 0 aromatic heterocycles. The Labute approximate surface area is 86.0 Å². The van der Waals surface area contributed by atoms with Crippen molar-refractivity contribution in [3.05, 3.63) is 0 Å². The second-order valence-electron chi connectivity index (χ2n) is 0.448. The molecule has 0 atom stereocenters. The van der Waals surface area contributed by atoms with Crippen molar-refractivity contribution < 1.29 is 76.8 Å². The van der Waals surface area contributed by atoms with Crippen LogP contribution in [0.2, 0.25) is 0 Å². The standard InChI is InChI=1S/H2O4S.O.Y.Zr/c1-5(2,3)4;;;/h(H2,1,2,3,4);;;. The van der Waals surface area contributed by atoms with Crippen molar-refractivity contribution in [3.8, 4) is 0 Å². The van der Waals surface area contributed by atoms with Crippen LogP contribution in [0.1, 0.15) is 0 Å². The molecule has 0 fully saturated rings. The van der Waals surface area contributed by atoms with Gasteiger partial charge in [0.15, 0.2) is 0 Å². The van der Waals surface area contributed by atoms with E-state index in [1.807, 2.05) is 0 Å². The molecule has 8 heteroatoms. The van der Waals surface area contributed by atoms with E-state index < -0.39 is 10.4 Å². The summed E-state index contributed by atoms with van der Waals surface area (Å²) in [5.41, 5.74) is 0. The number of rotatable bonds is 0. The van der Waals surface area contributed by atoms with Gasteiger partial charge in [-0.25, -0.2) is 0 Å². The van der Waals surface area contributed by atoms with Crippen LogP contribution < -0.4 is 0 Å². The van der Waals surface area contributed by atoms with E-state index in [4.69, 9.17) is 19.6 Å². The van der Waals surface area contributed by atoms with Crippen molar-refractivity contribution in [2.75, 3.05) is 0 Å². The fourth-order valence-electron chi connectivity index (χ4n) is 0. The number of hydrogen-bond acceptors (Lipinski definition) is 3. The summed E-state index contributed by atoms with van der Waals surface area (Å²) in [5, 5.41) is 0. The fourth-order valence-corrected chi connectivity index (χ4v) is 0. The zero-order valence-corrected chi connectivity index (χ0v) is 9.72. The molecule has 0 aromatic rings. The van der Waals surface area contributed by atoms with Gasteiger partial charge in [-0.3, -0.25) is 9.11 Å². The molecule has 0 aromatic carbocycles. The van der Waals surface area contributed by atoms with Gasteiger partial charge in [0.2, 0.25) is 0 Å². The van der Waals surface area contributed by atoms with Gasteiger partial charge in [0.1, 0.15) is 0 Å². The molecular formula is H2O5SYZr. The van der Waals surface area contributed by atoms with Gasteiger partial charge in [0, 0.05) is 26.2 Å². The van der Waals surface area contributed by atoms with Crippen LogP contribution in [0.4, 0.5) is 0 Å². The molecule has 0 aliphatic carbocycles. The molecule has 45 valence electrons. The molecule has 8 heavy (non-hydrogen) atoms. The molecule has 0 aliphatic heterocycles. The van der Waals surface area contributed by atoms with Crippen LogP contribution in [0.5, 0.6) is 0 Å². The maximum Gasteiger partial charge on any atom is 0 e. The monoisotopic (exact) mass is 293 g/mol. The van der Waals surface area contributed by atoms with Gasteiger partial charge in [-0.1, -0.05) is 0 Å². The van der Waals surface area contributed by atoms with E-state index in [1.165, 1.54) is 0 Å². The Balaban J connectivity index is -0.0000000750. The Bertz CT molecular complexity index is 106. The summed E-state index contributed by atoms with van der Waals surface area (Å²) in [6.07, 6.45) is 0. The van der Waals surface area contributed by atoms with Gasteiger partial charge < -0.3 is 0 Å². The summed E-state index contributed by atoms with van der Waals surface area (Å²) < 4.78 is 40.0. The van der Waals surface area contributed by atoms with E-state index in [0.717, 1.165) is 0 Å². The van der Waals surface area contributed by atoms with Gasteiger partial charge in [-0.2, -0.15) is 8.42 Å². The minimum atomic E-state index is -4.67. The molecule has 0 radical (unpaired) electrons. The average molecular weight is 294 g/mol. The van der Waals surface area contributed by atoms with Crippen LogP contribution in [-0.2, 0) is 69.7 Å². The van der Waals surface area contributed by atoms with E-state index in [0.29, 0.717) is 0 Å². The Morgan fingerprint density at radius 1 is 1.12 bits per heavy atom. The van der Waals surface area contributed by atoms with Crippen LogP contribution in [0.25, 0.3) is 0 Å². The average Bonchev–Trinajstić information content (AvgIpc) is 1.36. The SMILES string of the molecule is O=S(=O)(O)O.[O]=[Y].[Zr]. The summed E-state index contributed by atoms with van der Waals surface area (Å²) >= 11 is 0.100. The molecule has 5 nitrogen and oxygen atoms in total. The van der Waals surface area contributed by atoms with Crippen LogP contribution in [0.3, 0.4) is 0 Å². The predicted octanol–water partition coefficient (Wildman–Crippen LogP) is -0.777. The van der Waals surface area contributed by atoms with Crippen molar-refractivity contribution in [2.24, 2.45) is 0 Å². The molecule has 0 amide bonds. The fraction of sp³-hybridized carbons (Fsp3) is 0. The summed E-state index contributed by atoms with van der Waals surface area (Å²) in [5.74, 6) is 0. The molecule has 0 spiro atoms. The number of hydrogen-bond donors (Lipinski definition) is 2. The predicted molar refractivity (Wildman–Crippen MR) is 14.9 cm³/mol. The van der Waals surface area contributed by atoms with Crippen molar-refractivity contribution in [2.45, 2.75) is 0 Å². The molecule has 0 aliphatic rings. The van der Waals surface area contributed by atoms with Crippen LogP contribution in [0, 0.1) is 0 Å². The molecule has 0 bridgehead atoms. The quantitative estimate of drug-likeness (QED) is 0.572. The minimum absolute atomic E-state index is 0. The third kappa shape index (κ3) is 124. The molecule has 2 N–H and O–H groups in total. The summed E-state index contributed by atoms with van der Waals surface area (Å²) in [4.78, 5) is 0. The molecule has 0 rings (SSSR count). The normalized spacial score (nSPS) is 8.00. The summed E-state index contributed by atoms with van der Waals surface area (Å²) in [6.45, 7) is 0. The Kier molecular flexibility index (Phi) is 17.7. The second-order valence-corrected chi connectivity index (χ2v) is 1.34. The first-order chi connectivity index (χ1) is 3.00. The molecule has 0 unspecified atom stereocenters. The van der Waals surface area contributed by atoms with Gasteiger partial charge in [-0.15, -0.1) is 0 Å². The first-order valence-corrected chi connectivity index (χ1v) is 3.49. The zero-order chi connectivity index (χ0) is 6.50. The van der Waals surface area contributed by atoms with Crippen LogP contribution in [0.15, 0.2) is 0 Å². The molecule has 0 heterocycles. The van der Waals surface area contributed by atoms with Crippen molar-refractivity contribution in [1.29, 1.82) is 0 Å². The van der Waals surface area contributed by atoms with E-state index >= 15 is 0 Å². The van der Waals surface area contributed by atoms with E-state index in [2.05, 4.69) is 0 Å². The maximum absolute atomic E-state index is 8.74. The van der Waals surface area contributed by atoms with Crippen molar-refractivity contribution in [1.82, 2.24) is 0 Å². The van der Waals surface area contributed by atoms with Gasteiger partial charge >= 0.3 is 43.5 Å². The molecule has 0 saturated heterocycles. The third-order valence-corrected chi connectivity index (χ3v) is 0. The summed E-state index contributed by atoms with van der Waals surface area (Å²) in [7, 11) is -4.67.